The number of ether oxygens (including phenoxy) is 1. The second-order valence-electron chi connectivity index (χ2n) is 4.57. The zero-order valence-electron chi connectivity index (χ0n) is 11.0. The van der Waals surface area contributed by atoms with Gasteiger partial charge in [0.25, 0.3) is 0 Å². The minimum absolute atomic E-state index is 0.0810. The Labute approximate surface area is 113 Å². The van der Waals surface area contributed by atoms with Crippen LogP contribution in [0.15, 0.2) is 0 Å². The second-order valence-corrected chi connectivity index (χ2v) is 6.66. The zero-order chi connectivity index (χ0) is 14.3. The number of nitrogens with two attached hydrogens (primary N) is 1. The third kappa shape index (κ3) is 5.85. The lowest BCUT2D eigenvalue weighted by Crippen LogP contribution is -2.42. The number of carboxylic acid groups (broad SMARTS) is 1. The number of aliphatic carboxylic acids is 1. The molecule has 112 valence electrons. The molecule has 0 aromatic rings. The summed E-state index contributed by atoms with van der Waals surface area (Å²) in [6, 6.07) is 0. The molecule has 0 amide bonds. The average Bonchev–Trinajstić information content (AvgIpc) is 2.37. The number of carbonyl (C=O) groups is 1. The van der Waals surface area contributed by atoms with Crippen molar-refractivity contribution in [1.29, 1.82) is 0 Å². The molecule has 0 radical (unpaired) electrons. The molecular formula is C11H22N2O5S. The van der Waals surface area contributed by atoms with Crippen molar-refractivity contribution in [2.45, 2.75) is 31.8 Å². The van der Waals surface area contributed by atoms with Gasteiger partial charge in [0.1, 0.15) is 0 Å². The Morgan fingerprint density at radius 2 is 2.00 bits per heavy atom. The first-order valence-electron chi connectivity index (χ1n) is 6.47. The summed E-state index contributed by atoms with van der Waals surface area (Å²) in [5, 5.41) is 8.52. The van der Waals surface area contributed by atoms with E-state index in [0.717, 1.165) is 6.42 Å². The molecule has 1 aliphatic rings. The maximum Gasteiger partial charge on any atom is 0.304 e. The van der Waals surface area contributed by atoms with E-state index in [1.54, 1.807) is 0 Å². The molecule has 1 saturated heterocycles. The summed E-state index contributed by atoms with van der Waals surface area (Å²) in [6.45, 7) is 1.99. The zero-order valence-corrected chi connectivity index (χ0v) is 11.8. The minimum atomic E-state index is -3.45. The van der Waals surface area contributed by atoms with E-state index in [2.05, 4.69) is 0 Å². The lowest BCUT2D eigenvalue weighted by Gasteiger charge is -2.31. The van der Waals surface area contributed by atoms with E-state index in [4.69, 9.17) is 15.6 Å². The fourth-order valence-electron chi connectivity index (χ4n) is 1.96. The molecule has 1 heterocycles. The lowest BCUT2D eigenvalue weighted by molar-refractivity contribution is -0.136. The first-order valence-corrected chi connectivity index (χ1v) is 8.08. The molecule has 3 N–H and O–H groups in total. The third-order valence-corrected chi connectivity index (χ3v) is 4.94. The molecule has 0 bridgehead atoms. The van der Waals surface area contributed by atoms with Crippen molar-refractivity contribution in [2.75, 3.05) is 32.0 Å². The third-order valence-electron chi connectivity index (χ3n) is 3.07. The van der Waals surface area contributed by atoms with Crippen LogP contribution in [0.4, 0.5) is 0 Å². The van der Waals surface area contributed by atoms with Gasteiger partial charge in [-0.25, -0.2) is 12.7 Å². The number of nitrogens with zero attached hydrogens (tertiary/aromatic N) is 1. The Hall–Kier alpha value is -0.700. The smallest absolute Gasteiger partial charge is 0.304 e. The Morgan fingerprint density at radius 1 is 1.37 bits per heavy atom. The van der Waals surface area contributed by atoms with Crippen molar-refractivity contribution in [2.24, 2.45) is 5.73 Å². The van der Waals surface area contributed by atoms with Gasteiger partial charge in [-0.1, -0.05) is 0 Å². The molecule has 19 heavy (non-hydrogen) atoms. The summed E-state index contributed by atoms with van der Waals surface area (Å²) >= 11 is 0. The van der Waals surface area contributed by atoms with E-state index in [0.29, 0.717) is 39.1 Å². The van der Waals surface area contributed by atoms with Gasteiger partial charge in [-0.3, -0.25) is 4.79 Å². The molecule has 0 atom stereocenters. The van der Waals surface area contributed by atoms with Crippen molar-refractivity contribution in [3.63, 3.8) is 0 Å². The van der Waals surface area contributed by atoms with Gasteiger partial charge in [0, 0.05) is 19.7 Å². The standard InChI is InChI=1S/C11H22N2O5S/c12-5-1-8-18-10-2-6-13(7-3-10)19(16,17)9-4-11(14)15/h10H,1-9,12H2,(H,14,15). The minimum Gasteiger partial charge on any atom is -0.481 e. The molecule has 0 aliphatic carbocycles. The van der Waals surface area contributed by atoms with Gasteiger partial charge in [0.05, 0.1) is 18.3 Å². The molecule has 0 aromatic carbocycles. The highest BCUT2D eigenvalue weighted by atomic mass is 32.2. The molecule has 0 unspecified atom stereocenters. The van der Waals surface area contributed by atoms with Gasteiger partial charge < -0.3 is 15.6 Å². The van der Waals surface area contributed by atoms with Crippen LogP contribution < -0.4 is 5.73 Å². The molecule has 0 aromatic heterocycles. The first-order chi connectivity index (χ1) is 8.95. The van der Waals surface area contributed by atoms with Crippen LogP contribution in [-0.2, 0) is 19.6 Å². The van der Waals surface area contributed by atoms with Gasteiger partial charge in [0.2, 0.25) is 10.0 Å². The van der Waals surface area contributed by atoms with Crippen molar-refractivity contribution < 1.29 is 23.1 Å². The van der Waals surface area contributed by atoms with Gasteiger partial charge in [-0.2, -0.15) is 0 Å². The van der Waals surface area contributed by atoms with E-state index < -0.39 is 16.0 Å². The van der Waals surface area contributed by atoms with Gasteiger partial charge in [-0.15, -0.1) is 0 Å². The van der Waals surface area contributed by atoms with Crippen LogP contribution >= 0.6 is 0 Å². The predicted molar refractivity (Wildman–Crippen MR) is 70.3 cm³/mol. The lowest BCUT2D eigenvalue weighted by atomic mass is 10.1. The Bertz CT molecular complexity index is 377. The predicted octanol–water partition coefficient (Wildman–Crippen LogP) is -0.379. The van der Waals surface area contributed by atoms with Crippen molar-refractivity contribution >= 4 is 16.0 Å². The van der Waals surface area contributed by atoms with Crippen LogP contribution in [0.2, 0.25) is 0 Å². The first kappa shape index (κ1) is 16.4. The number of piperidine rings is 1. The molecule has 1 aliphatic heterocycles. The SMILES string of the molecule is NCCCOC1CCN(S(=O)(=O)CCC(=O)O)CC1. The van der Waals surface area contributed by atoms with Crippen LogP contribution in [0, 0.1) is 0 Å². The van der Waals surface area contributed by atoms with Crippen molar-refractivity contribution in [3.8, 4) is 0 Å². The average molecular weight is 294 g/mol. The summed E-state index contributed by atoms with van der Waals surface area (Å²) < 4.78 is 30.7. The molecule has 0 saturated carbocycles. The summed E-state index contributed by atoms with van der Waals surface area (Å²) in [6.07, 6.45) is 1.83. The Morgan fingerprint density at radius 3 is 2.53 bits per heavy atom. The van der Waals surface area contributed by atoms with Crippen LogP contribution in [0.3, 0.4) is 0 Å². The van der Waals surface area contributed by atoms with E-state index in [1.807, 2.05) is 0 Å². The largest absolute Gasteiger partial charge is 0.481 e. The summed E-state index contributed by atoms with van der Waals surface area (Å²) in [4.78, 5) is 10.4. The molecule has 8 heteroatoms. The molecule has 0 spiro atoms. The highest BCUT2D eigenvalue weighted by Crippen LogP contribution is 2.17. The quantitative estimate of drug-likeness (QED) is 0.591. The molecular weight excluding hydrogens is 272 g/mol. The van der Waals surface area contributed by atoms with Crippen LogP contribution in [-0.4, -0.2) is 61.9 Å². The van der Waals surface area contributed by atoms with Gasteiger partial charge >= 0.3 is 5.97 Å². The van der Waals surface area contributed by atoms with E-state index in [1.165, 1.54) is 4.31 Å². The monoisotopic (exact) mass is 294 g/mol. The van der Waals surface area contributed by atoms with Gasteiger partial charge in [-0.05, 0) is 25.8 Å². The second kappa shape index (κ2) is 7.78. The number of hydrogen-bond acceptors (Lipinski definition) is 5. The summed E-state index contributed by atoms with van der Waals surface area (Å²) in [5.74, 6) is -1.43. The van der Waals surface area contributed by atoms with Crippen LogP contribution in [0.25, 0.3) is 0 Å². The topological polar surface area (TPSA) is 110 Å². The molecule has 7 nitrogen and oxygen atoms in total. The number of sulfonamides is 1. The van der Waals surface area contributed by atoms with Crippen molar-refractivity contribution in [1.82, 2.24) is 4.31 Å². The summed E-state index contributed by atoms with van der Waals surface area (Å²) in [5.41, 5.74) is 5.37. The van der Waals surface area contributed by atoms with E-state index >= 15 is 0 Å². The number of hydrogen-bond donors (Lipinski definition) is 2. The molecule has 1 fully saturated rings. The van der Waals surface area contributed by atoms with Crippen molar-refractivity contribution in [3.05, 3.63) is 0 Å². The normalized spacial score (nSPS) is 18.6. The number of rotatable bonds is 8. The van der Waals surface area contributed by atoms with Crippen LogP contribution in [0.1, 0.15) is 25.7 Å². The van der Waals surface area contributed by atoms with E-state index in [9.17, 15) is 13.2 Å². The maximum absolute atomic E-state index is 11.9. The van der Waals surface area contributed by atoms with E-state index in [-0.39, 0.29) is 18.3 Å². The highest BCUT2D eigenvalue weighted by Gasteiger charge is 2.28. The summed E-state index contributed by atoms with van der Waals surface area (Å²) in [7, 11) is -3.45. The Kier molecular flexibility index (Phi) is 6.70. The Balaban J connectivity index is 2.34. The number of carboxylic acids is 1. The van der Waals surface area contributed by atoms with Gasteiger partial charge in [0.15, 0.2) is 0 Å². The van der Waals surface area contributed by atoms with Crippen LogP contribution in [0.5, 0.6) is 0 Å². The fraction of sp³-hybridized carbons (Fsp3) is 0.909. The molecule has 1 rings (SSSR count). The highest BCUT2D eigenvalue weighted by molar-refractivity contribution is 7.89. The maximum atomic E-state index is 11.9. The fourth-order valence-corrected chi connectivity index (χ4v) is 3.41.